The van der Waals surface area contributed by atoms with Crippen LogP contribution in [-0.2, 0) is 4.79 Å². The second kappa shape index (κ2) is 13.1. The Morgan fingerprint density at radius 1 is 1.15 bits per heavy atom. The van der Waals surface area contributed by atoms with Crippen molar-refractivity contribution in [2.75, 3.05) is 36.4 Å². The summed E-state index contributed by atoms with van der Waals surface area (Å²) in [5, 5.41) is 14.4. The molecule has 5 N–H and O–H groups in total. The Bertz CT molecular complexity index is 1300. The maximum atomic E-state index is 13.2. The smallest absolute Gasteiger partial charge is 0.404 e. The number of fused-ring (bicyclic) bond motifs is 1. The SMILES string of the molecule is CCCN(CCC)C(=O)C1=Cc2ccc(C(=O)Nc3ccc(N4CCCC(NC(=O)O)C4)nc3)cc2N=C(N)C1. The van der Waals surface area contributed by atoms with Crippen molar-refractivity contribution < 1.29 is 19.5 Å². The number of amides is 3. The molecule has 0 saturated carbocycles. The van der Waals surface area contributed by atoms with Gasteiger partial charge in [0, 0.05) is 55.3 Å². The van der Waals surface area contributed by atoms with Gasteiger partial charge in [0.1, 0.15) is 11.7 Å². The summed E-state index contributed by atoms with van der Waals surface area (Å²) in [5.74, 6) is 0.683. The van der Waals surface area contributed by atoms with Crippen LogP contribution < -0.4 is 21.3 Å². The molecule has 2 aliphatic heterocycles. The highest BCUT2D eigenvalue weighted by molar-refractivity contribution is 6.07. The maximum Gasteiger partial charge on any atom is 0.404 e. The summed E-state index contributed by atoms with van der Waals surface area (Å²) in [5.41, 5.74) is 8.97. The molecule has 3 amide bonds. The Hall–Kier alpha value is -4.41. The lowest BCUT2D eigenvalue weighted by Gasteiger charge is -2.33. The first-order chi connectivity index (χ1) is 19.3. The molecule has 0 radical (unpaired) electrons. The minimum absolute atomic E-state index is 0.0364. The third kappa shape index (κ3) is 7.16. The zero-order valence-electron chi connectivity index (χ0n) is 23.0. The number of hydrogen-bond acceptors (Lipinski definition) is 7. The van der Waals surface area contributed by atoms with E-state index in [0.717, 1.165) is 43.6 Å². The van der Waals surface area contributed by atoms with Crippen LogP contribution in [0.3, 0.4) is 0 Å². The quantitative estimate of drug-likeness (QED) is 0.370. The number of rotatable bonds is 9. The van der Waals surface area contributed by atoms with Crippen LogP contribution in [0, 0.1) is 0 Å². The van der Waals surface area contributed by atoms with Gasteiger partial charge < -0.3 is 31.3 Å². The second-order valence-corrected chi connectivity index (χ2v) is 10.1. The number of carbonyl (C=O) groups is 3. The van der Waals surface area contributed by atoms with Crippen molar-refractivity contribution in [1.82, 2.24) is 15.2 Å². The first-order valence-corrected chi connectivity index (χ1v) is 13.8. The van der Waals surface area contributed by atoms with Crippen LogP contribution in [0.15, 0.2) is 47.1 Å². The fourth-order valence-corrected chi connectivity index (χ4v) is 5.06. The van der Waals surface area contributed by atoms with E-state index in [2.05, 4.69) is 20.6 Å². The van der Waals surface area contributed by atoms with Crippen molar-refractivity contribution in [3.63, 3.8) is 0 Å². The van der Waals surface area contributed by atoms with Crippen molar-refractivity contribution in [1.29, 1.82) is 0 Å². The molecule has 1 unspecified atom stereocenters. The first-order valence-electron chi connectivity index (χ1n) is 13.8. The molecule has 3 heterocycles. The van der Waals surface area contributed by atoms with E-state index in [0.29, 0.717) is 48.0 Å². The Labute approximate surface area is 234 Å². The van der Waals surface area contributed by atoms with Gasteiger partial charge in [-0.05, 0) is 56.0 Å². The molecule has 212 valence electrons. The summed E-state index contributed by atoms with van der Waals surface area (Å²) in [6.45, 7) is 6.79. The number of hydrogen-bond donors (Lipinski definition) is 4. The Morgan fingerprint density at radius 2 is 1.93 bits per heavy atom. The zero-order valence-corrected chi connectivity index (χ0v) is 23.0. The summed E-state index contributed by atoms with van der Waals surface area (Å²) < 4.78 is 0. The van der Waals surface area contributed by atoms with E-state index in [9.17, 15) is 14.4 Å². The molecule has 0 bridgehead atoms. The molecule has 0 aliphatic carbocycles. The summed E-state index contributed by atoms with van der Waals surface area (Å²) >= 11 is 0. The molecule has 1 aromatic heterocycles. The fraction of sp³-hybridized carbons (Fsp3) is 0.414. The van der Waals surface area contributed by atoms with Gasteiger partial charge in [0.2, 0.25) is 5.91 Å². The molecule has 2 aliphatic rings. The zero-order chi connectivity index (χ0) is 28.6. The number of anilines is 2. The van der Waals surface area contributed by atoms with Gasteiger partial charge in [0.05, 0.1) is 17.6 Å². The summed E-state index contributed by atoms with van der Waals surface area (Å²) in [6, 6.07) is 8.58. The third-order valence-corrected chi connectivity index (χ3v) is 6.89. The Kier molecular flexibility index (Phi) is 9.36. The largest absolute Gasteiger partial charge is 0.465 e. The van der Waals surface area contributed by atoms with Gasteiger partial charge in [-0.1, -0.05) is 19.9 Å². The second-order valence-electron chi connectivity index (χ2n) is 10.1. The standard InChI is InChI=1S/C29H37N7O4/c1-3-11-35(12-4-2)28(38)21-14-19-7-8-20(15-24(19)34-25(30)16-21)27(37)32-22-9-10-26(31-17-22)36-13-5-6-23(18-36)33-29(39)40/h7-10,14-15,17,23,33H,3-6,11-13,16,18H2,1-2H3,(H2,30,34)(H,32,37)(H,39,40). The van der Waals surface area contributed by atoms with Crippen LogP contribution in [0.5, 0.6) is 0 Å². The van der Waals surface area contributed by atoms with Gasteiger partial charge in [0.15, 0.2) is 0 Å². The Balaban J connectivity index is 1.45. The minimum atomic E-state index is -1.03. The predicted molar refractivity (Wildman–Crippen MR) is 156 cm³/mol. The van der Waals surface area contributed by atoms with Crippen LogP contribution in [0.1, 0.15) is 61.9 Å². The van der Waals surface area contributed by atoms with Gasteiger partial charge >= 0.3 is 6.09 Å². The van der Waals surface area contributed by atoms with Crippen molar-refractivity contribution in [3.8, 4) is 0 Å². The average Bonchev–Trinajstić information content (AvgIpc) is 3.10. The topological polar surface area (TPSA) is 153 Å². The average molecular weight is 548 g/mol. The molecule has 11 nitrogen and oxygen atoms in total. The molecule has 0 spiro atoms. The number of carbonyl (C=O) groups excluding carboxylic acids is 2. The molecule has 1 atom stereocenters. The van der Waals surface area contributed by atoms with E-state index in [1.807, 2.05) is 35.8 Å². The molecular formula is C29H37N7O4. The van der Waals surface area contributed by atoms with Crippen molar-refractivity contribution in [2.24, 2.45) is 10.7 Å². The van der Waals surface area contributed by atoms with Crippen molar-refractivity contribution in [2.45, 2.75) is 52.0 Å². The highest BCUT2D eigenvalue weighted by atomic mass is 16.4. The molecule has 1 aromatic carbocycles. The highest BCUT2D eigenvalue weighted by Crippen LogP contribution is 2.29. The number of piperidine rings is 1. The summed E-state index contributed by atoms with van der Waals surface area (Å²) in [6.07, 6.45) is 6.02. The lowest BCUT2D eigenvalue weighted by molar-refractivity contribution is -0.127. The first kappa shape index (κ1) is 28.6. The number of aromatic nitrogens is 1. The van der Waals surface area contributed by atoms with E-state index in [-0.39, 0.29) is 24.3 Å². The van der Waals surface area contributed by atoms with E-state index >= 15 is 0 Å². The summed E-state index contributed by atoms with van der Waals surface area (Å²) in [4.78, 5) is 50.1. The van der Waals surface area contributed by atoms with Gasteiger partial charge in [0.25, 0.3) is 5.91 Å². The number of amidine groups is 1. The van der Waals surface area contributed by atoms with Gasteiger partial charge in [-0.2, -0.15) is 0 Å². The van der Waals surface area contributed by atoms with Crippen LogP contribution in [0.25, 0.3) is 6.08 Å². The van der Waals surface area contributed by atoms with Gasteiger partial charge in [-0.25, -0.2) is 14.8 Å². The lowest BCUT2D eigenvalue weighted by atomic mass is 10.0. The fourth-order valence-electron chi connectivity index (χ4n) is 5.06. The molecule has 1 saturated heterocycles. The van der Waals surface area contributed by atoms with E-state index in [1.54, 1.807) is 30.5 Å². The molecule has 4 rings (SSSR count). The molecule has 40 heavy (non-hydrogen) atoms. The van der Waals surface area contributed by atoms with Crippen molar-refractivity contribution >= 4 is 47.0 Å². The normalized spacial score (nSPS) is 16.6. The molecule has 11 heteroatoms. The number of benzene rings is 1. The number of carboxylic acid groups (broad SMARTS) is 1. The number of pyridine rings is 1. The number of nitrogens with zero attached hydrogens (tertiary/aromatic N) is 4. The highest BCUT2D eigenvalue weighted by Gasteiger charge is 2.23. The van der Waals surface area contributed by atoms with Gasteiger partial charge in [-0.3, -0.25) is 9.59 Å². The predicted octanol–water partition coefficient (Wildman–Crippen LogP) is 3.99. The Morgan fingerprint density at radius 3 is 2.60 bits per heavy atom. The van der Waals surface area contributed by atoms with Crippen LogP contribution >= 0.6 is 0 Å². The van der Waals surface area contributed by atoms with Crippen LogP contribution in [0.4, 0.5) is 22.0 Å². The number of nitrogens with two attached hydrogens (primary N) is 1. The van der Waals surface area contributed by atoms with E-state index < -0.39 is 6.09 Å². The van der Waals surface area contributed by atoms with E-state index in [4.69, 9.17) is 10.8 Å². The lowest BCUT2D eigenvalue weighted by Crippen LogP contribution is -2.47. The maximum absolute atomic E-state index is 13.2. The van der Waals surface area contributed by atoms with Gasteiger partial charge in [-0.15, -0.1) is 0 Å². The molecule has 1 fully saturated rings. The van der Waals surface area contributed by atoms with Crippen molar-refractivity contribution in [3.05, 3.63) is 53.2 Å². The third-order valence-electron chi connectivity index (χ3n) is 6.89. The number of nitrogens with one attached hydrogen (secondary N) is 2. The molecule has 2 aromatic rings. The molecular weight excluding hydrogens is 510 g/mol. The van der Waals surface area contributed by atoms with E-state index in [1.165, 1.54) is 0 Å². The number of aliphatic imine (C=N–C) groups is 1. The van der Waals surface area contributed by atoms with Crippen LogP contribution in [0.2, 0.25) is 0 Å². The monoisotopic (exact) mass is 547 g/mol. The minimum Gasteiger partial charge on any atom is -0.465 e. The van der Waals surface area contributed by atoms with Crippen LogP contribution in [-0.4, -0.2) is 71.0 Å². The summed E-state index contributed by atoms with van der Waals surface area (Å²) in [7, 11) is 0.